The number of aryl methyl sites for hydroxylation is 2. The van der Waals surface area contributed by atoms with Crippen LogP contribution in [-0.2, 0) is 19.5 Å². The molecule has 0 spiro atoms. The van der Waals surface area contributed by atoms with Crippen LogP contribution in [0.5, 0.6) is 5.75 Å². The molecule has 0 radical (unpaired) electrons. The van der Waals surface area contributed by atoms with E-state index >= 15 is 0 Å². The maximum absolute atomic E-state index is 6.06. The van der Waals surface area contributed by atoms with Crippen LogP contribution in [0.1, 0.15) is 43.6 Å². The molecule has 1 aliphatic rings. The highest BCUT2D eigenvalue weighted by molar-refractivity contribution is 14.0. The van der Waals surface area contributed by atoms with Crippen LogP contribution in [0.3, 0.4) is 0 Å². The number of nitrogens with one attached hydrogen (secondary N) is 2. The van der Waals surface area contributed by atoms with E-state index in [2.05, 4.69) is 64.4 Å². The fraction of sp³-hybridized carbons (Fsp3) is 0.571. The minimum absolute atomic E-state index is 0. The molecule has 0 bridgehead atoms. The number of benzene rings is 1. The van der Waals surface area contributed by atoms with Gasteiger partial charge in [-0.25, -0.2) is 4.99 Å². The molecule has 0 aliphatic heterocycles. The van der Waals surface area contributed by atoms with Crippen molar-refractivity contribution < 1.29 is 4.74 Å². The van der Waals surface area contributed by atoms with Gasteiger partial charge < -0.3 is 19.9 Å². The molecule has 1 aromatic carbocycles. The highest BCUT2D eigenvalue weighted by Gasteiger charge is 2.22. The van der Waals surface area contributed by atoms with Gasteiger partial charge in [0.25, 0.3) is 0 Å². The number of hydrogen-bond donors (Lipinski definition) is 2. The van der Waals surface area contributed by atoms with E-state index in [1.165, 1.54) is 18.4 Å². The zero-order chi connectivity index (χ0) is 19.8. The summed E-state index contributed by atoms with van der Waals surface area (Å²) in [5.74, 6) is 3.51. The lowest BCUT2D eigenvalue weighted by Gasteiger charge is -2.14. The second-order valence-electron chi connectivity index (χ2n) is 7.28. The smallest absolute Gasteiger partial charge is 0.191 e. The molecule has 1 aliphatic carbocycles. The van der Waals surface area contributed by atoms with E-state index in [0.717, 1.165) is 61.7 Å². The third kappa shape index (κ3) is 7.49. The molecular weight excluding hydrogens is 479 g/mol. The van der Waals surface area contributed by atoms with Gasteiger partial charge in [0.1, 0.15) is 17.9 Å². The molecule has 160 valence electrons. The van der Waals surface area contributed by atoms with Crippen molar-refractivity contribution in [2.45, 2.75) is 53.1 Å². The Kier molecular flexibility index (Phi) is 9.69. The zero-order valence-corrected chi connectivity index (χ0v) is 20.0. The fourth-order valence-corrected chi connectivity index (χ4v) is 2.96. The monoisotopic (exact) mass is 512 g/mol. The lowest BCUT2D eigenvalue weighted by Crippen LogP contribution is -2.38. The minimum atomic E-state index is 0. The predicted octanol–water partition coefficient (Wildman–Crippen LogP) is 3.31. The summed E-state index contributed by atoms with van der Waals surface area (Å²) in [5.41, 5.74) is 2.33. The number of nitrogens with zero attached hydrogens (tertiary/aromatic N) is 4. The number of aliphatic imine (C=N–C) groups is 1. The van der Waals surface area contributed by atoms with Crippen molar-refractivity contribution in [3.8, 4) is 5.75 Å². The van der Waals surface area contributed by atoms with Crippen molar-refractivity contribution in [1.29, 1.82) is 0 Å². The first-order chi connectivity index (χ1) is 13.7. The molecule has 1 aromatic heterocycles. The van der Waals surface area contributed by atoms with Crippen LogP contribution in [0, 0.1) is 12.8 Å². The Labute approximate surface area is 190 Å². The van der Waals surface area contributed by atoms with Crippen LogP contribution in [0.2, 0.25) is 0 Å². The van der Waals surface area contributed by atoms with E-state index in [-0.39, 0.29) is 24.0 Å². The molecule has 3 rings (SSSR count). The molecule has 7 nitrogen and oxygen atoms in total. The normalized spacial score (nSPS) is 13.7. The second-order valence-corrected chi connectivity index (χ2v) is 7.28. The SMILES string of the molecule is CCNC(=NCc1ccc(C)cc1OCC1CC1)NCCn1cnnc1CC.I. The Hall–Kier alpha value is -1.84. The summed E-state index contributed by atoms with van der Waals surface area (Å²) in [6.07, 6.45) is 5.24. The van der Waals surface area contributed by atoms with E-state index < -0.39 is 0 Å². The molecule has 1 fully saturated rings. The second kappa shape index (κ2) is 12.0. The van der Waals surface area contributed by atoms with Gasteiger partial charge in [-0.2, -0.15) is 0 Å². The van der Waals surface area contributed by atoms with Gasteiger partial charge in [0, 0.05) is 31.6 Å². The van der Waals surface area contributed by atoms with E-state index in [1.807, 2.05) is 0 Å². The molecule has 8 heteroatoms. The summed E-state index contributed by atoms with van der Waals surface area (Å²) in [7, 11) is 0. The molecular formula is C21H33IN6O. The Balaban J connectivity index is 0.00000300. The Morgan fingerprint density at radius 2 is 2.10 bits per heavy atom. The average molecular weight is 512 g/mol. The molecule has 1 saturated carbocycles. The molecule has 0 unspecified atom stereocenters. The molecule has 1 heterocycles. The quantitative estimate of drug-likeness (QED) is 0.290. The maximum Gasteiger partial charge on any atom is 0.191 e. The first kappa shape index (κ1) is 23.4. The Bertz CT molecular complexity index is 787. The number of rotatable bonds is 10. The van der Waals surface area contributed by atoms with Crippen molar-refractivity contribution in [2.75, 3.05) is 19.7 Å². The summed E-state index contributed by atoms with van der Waals surface area (Å²) in [4.78, 5) is 4.75. The van der Waals surface area contributed by atoms with E-state index in [1.54, 1.807) is 6.33 Å². The fourth-order valence-electron chi connectivity index (χ4n) is 2.96. The number of hydrogen-bond acceptors (Lipinski definition) is 4. The van der Waals surface area contributed by atoms with Crippen molar-refractivity contribution >= 4 is 29.9 Å². The van der Waals surface area contributed by atoms with Crippen LogP contribution in [0.25, 0.3) is 0 Å². The maximum atomic E-state index is 6.06. The standard InChI is InChI=1S/C21H32N6O.HI/c1-4-20-26-25-15-27(20)11-10-23-21(22-5-2)24-13-18-9-6-16(3)12-19(18)28-14-17-7-8-17;/h6,9,12,15,17H,4-5,7-8,10-11,13-14H2,1-3H3,(H2,22,23,24);1H. The van der Waals surface area contributed by atoms with Gasteiger partial charge in [-0.3, -0.25) is 0 Å². The summed E-state index contributed by atoms with van der Waals surface area (Å²) in [6, 6.07) is 6.36. The Morgan fingerprint density at radius 1 is 1.28 bits per heavy atom. The van der Waals surface area contributed by atoms with Gasteiger partial charge in [0.05, 0.1) is 13.2 Å². The van der Waals surface area contributed by atoms with Gasteiger partial charge >= 0.3 is 0 Å². The average Bonchev–Trinajstić information content (AvgIpc) is 3.42. The van der Waals surface area contributed by atoms with Gasteiger partial charge in [-0.05, 0) is 44.2 Å². The molecule has 0 amide bonds. The summed E-state index contributed by atoms with van der Waals surface area (Å²) in [6.45, 7) is 10.0. The lowest BCUT2D eigenvalue weighted by molar-refractivity contribution is 0.296. The number of ether oxygens (including phenoxy) is 1. The third-order valence-corrected chi connectivity index (χ3v) is 4.80. The van der Waals surface area contributed by atoms with Gasteiger partial charge in [0.15, 0.2) is 5.96 Å². The van der Waals surface area contributed by atoms with E-state index in [4.69, 9.17) is 9.73 Å². The topological polar surface area (TPSA) is 76.4 Å². The number of halogens is 1. The molecule has 0 saturated heterocycles. The zero-order valence-electron chi connectivity index (χ0n) is 17.6. The first-order valence-electron chi connectivity index (χ1n) is 10.3. The van der Waals surface area contributed by atoms with E-state index in [0.29, 0.717) is 6.54 Å². The van der Waals surface area contributed by atoms with E-state index in [9.17, 15) is 0 Å². The van der Waals surface area contributed by atoms with Gasteiger partial charge in [0.2, 0.25) is 0 Å². The van der Waals surface area contributed by atoms with Crippen LogP contribution in [-0.4, -0.2) is 40.4 Å². The molecule has 0 atom stereocenters. The summed E-state index contributed by atoms with van der Waals surface area (Å²) in [5, 5.41) is 14.8. The number of aromatic nitrogens is 3. The number of guanidine groups is 1. The largest absolute Gasteiger partial charge is 0.493 e. The third-order valence-electron chi connectivity index (χ3n) is 4.80. The lowest BCUT2D eigenvalue weighted by atomic mass is 10.1. The van der Waals surface area contributed by atoms with Gasteiger partial charge in [-0.15, -0.1) is 34.2 Å². The van der Waals surface area contributed by atoms with Crippen LogP contribution >= 0.6 is 24.0 Å². The first-order valence-corrected chi connectivity index (χ1v) is 10.3. The van der Waals surface area contributed by atoms with Crippen molar-refractivity contribution in [2.24, 2.45) is 10.9 Å². The predicted molar refractivity (Wildman–Crippen MR) is 127 cm³/mol. The minimum Gasteiger partial charge on any atom is -0.493 e. The molecule has 2 N–H and O–H groups in total. The van der Waals surface area contributed by atoms with Crippen molar-refractivity contribution in [1.82, 2.24) is 25.4 Å². The highest BCUT2D eigenvalue weighted by Crippen LogP contribution is 2.30. The molecule has 29 heavy (non-hydrogen) atoms. The van der Waals surface area contributed by atoms with Crippen molar-refractivity contribution in [3.05, 3.63) is 41.5 Å². The molecule has 2 aromatic rings. The Morgan fingerprint density at radius 3 is 2.83 bits per heavy atom. The van der Waals surface area contributed by atoms with Crippen LogP contribution < -0.4 is 15.4 Å². The highest BCUT2D eigenvalue weighted by atomic mass is 127. The van der Waals surface area contributed by atoms with Crippen LogP contribution in [0.15, 0.2) is 29.5 Å². The van der Waals surface area contributed by atoms with Gasteiger partial charge in [-0.1, -0.05) is 19.1 Å². The van der Waals surface area contributed by atoms with Crippen LogP contribution in [0.4, 0.5) is 0 Å². The summed E-state index contributed by atoms with van der Waals surface area (Å²) >= 11 is 0. The summed E-state index contributed by atoms with van der Waals surface area (Å²) < 4.78 is 8.13. The van der Waals surface area contributed by atoms with Crippen molar-refractivity contribution in [3.63, 3.8) is 0 Å².